The van der Waals surface area contributed by atoms with Gasteiger partial charge in [-0.25, -0.2) is 13.6 Å². The number of primary sulfonamides is 1. The van der Waals surface area contributed by atoms with E-state index in [0.717, 1.165) is 38.5 Å². The molecule has 0 aromatic heterocycles. The Bertz CT molecular complexity index is 338. The zero-order chi connectivity index (χ0) is 12.7. The Morgan fingerprint density at radius 2 is 1.35 bits per heavy atom. The van der Waals surface area contributed by atoms with Crippen LogP contribution in [0.25, 0.3) is 0 Å². The van der Waals surface area contributed by atoms with Gasteiger partial charge in [0.1, 0.15) is 5.25 Å². The quantitative estimate of drug-likeness (QED) is 0.785. The van der Waals surface area contributed by atoms with Crippen LogP contribution in [0.4, 0.5) is 0 Å². The third-order valence-electron chi connectivity index (χ3n) is 3.40. The molecular formula is C12H23NO3S. The molecule has 0 bridgehead atoms. The molecule has 0 aromatic carbocycles. The highest BCUT2D eigenvalue weighted by Crippen LogP contribution is 2.18. The van der Waals surface area contributed by atoms with Crippen molar-refractivity contribution in [2.75, 3.05) is 0 Å². The highest BCUT2D eigenvalue weighted by molar-refractivity contribution is 7.90. The molecule has 4 nitrogen and oxygen atoms in total. The standard InChI is InChI=1S/C12H23NO3S/c13-17(15,16)12-10-8-6-4-2-1-3-5-7-9-11(12)14/h12H,1-10H2,(H2,13,15,16). The van der Waals surface area contributed by atoms with Crippen molar-refractivity contribution in [3.8, 4) is 0 Å². The zero-order valence-electron chi connectivity index (χ0n) is 10.4. The minimum Gasteiger partial charge on any atom is -0.298 e. The molecule has 0 aliphatic heterocycles. The summed E-state index contributed by atoms with van der Waals surface area (Å²) >= 11 is 0. The van der Waals surface area contributed by atoms with Crippen molar-refractivity contribution >= 4 is 15.8 Å². The van der Waals surface area contributed by atoms with Crippen LogP contribution in [0.2, 0.25) is 0 Å². The molecule has 1 unspecified atom stereocenters. The maximum absolute atomic E-state index is 11.8. The Morgan fingerprint density at radius 3 is 1.88 bits per heavy atom. The first kappa shape index (κ1) is 14.6. The first-order valence-electron chi connectivity index (χ1n) is 6.56. The van der Waals surface area contributed by atoms with Crippen molar-refractivity contribution in [2.24, 2.45) is 5.14 Å². The summed E-state index contributed by atoms with van der Waals surface area (Å²) in [6.45, 7) is 0. The average Bonchev–Trinajstić information content (AvgIpc) is 2.21. The molecule has 0 radical (unpaired) electrons. The van der Waals surface area contributed by atoms with Gasteiger partial charge in [-0.1, -0.05) is 44.9 Å². The minimum atomic E-state index is -3.71. The second kappa shape index (κ2) is 7.11. The lowest BCUT2D eigenvalue weighted by Crippen LogP contribution is -2.35. The molecule has 0 heterocycles. The topological polar surface area (TPSA) is 77.2 Å². The molecule has 1 saturated carbocycles. The van der Waals surface area contributed by atoms with Crippen molar-refractivity contribution in [1.82, 2.24) is 0 Å². The zero-order valence-corrected chi connectivity index (χ0v) is 11.2. The number of hydrogen-bond acceptors (Lipinski definition) is 3. The summed E-state index contributed by atoms with van der Waals surface area (Å²) in [6, 6.07) is 0. The Labute approximate surface area is 104 Å². The number of nitrogens with two attached hydrogens (primary N) is 1. The number of hydrogen-bond donors (Lipinski definition) is 1. The van der Waals surface area contributed by atoms with Gasteiger partial charge in [0.2, 0.25) is 10.0 Å². The summed E-state index contributed by atoms with van der Waals surface area (Å²) < 4.78 is 22.7. The number of Topliss-reactive ketones (excluding diaryl/α,β-unsaturated/α-hetero) is 1. The van der Waals surface area contributed by atoms with Crippen molar-refractivity contribution in [2.45, 2.75) is 69.5 Å². The van der Waals surface area contributed by atoms with Crippen LogP contribution in [-0.2, 0) is 14.8 Å². The van der Waals surface area contributed by atoms with E-state index in [1.807, 2.05) is 0 Å². The van der Waals surface area contributed by atoms with E-state index in [1.165, 1.54) is 12.8 Å². The smallest absolute Gasteiger partial charge is 0.219 e. The molecule has 0 amide bonds. The fraction of sp³-hybridized carbons (Fsp3) is 0.917. The lowest BCUT2D eigenvalue weighted by molar-refractivity contribution is -0.118. The normalized spacial score (nSPS) is 25.9. The maximum atomic E-state index is 11.8. The Kier molecular flexibility index (Phi) is 6.12. The summed E-state index contributed by atoms with van der Waals surface area (Å²) in [7, 11) is -3.71. The van der Waals surface area contributed by atoms with Gasteiger partial charge in [0, 0.05) is 6.42 Å². The van der Waals surface area contributed by atoms with Crippen molar-refractivity contribution in [3.05, 3.63) is 0 Å². The largest absolute Gasteiger partial charge is 0.298 e. The second-order valence-corrected chi connectivity index (χ2v) is 6.66. The number of sulfonamides is 1. The molecule has 1 fully saturated rings. The third kappa shape index (κ3) is 5.64. The minimum absolute atomic E-state index is 0.187. The van der Waals surface area contributed by atoms with Crippen LogP contribution in [0, 0.1) is 0 Å². The van der Waals surface area contributed by atoms with Crippen molar-refractivity contribution in [1.29, 1.82) is 0 Å². The molecule has 17 heavy (non-hydrogen) atoms. The SMILES string of the molecule is NS(=O)(=O)C1CCCCCCCCCCC1=O. The summed E-state index contributed by atoms with van der Waals surface area (Å²) in [6.07, 6.45) is 9.08. The predicted octanol–water partition coefficient (Wildman–Crippen LogP) is 2.13. The molecule has 0 aromatic rings. The lowest BCUT2D eigenvalue weighted by atomic mass is 10.0. The molecule has 0 spiro atoms. The van der Waals surface area contributed by atoms with E-state index < -0.39 is 15.3 Å². The Balaban J connectivity index is 2.61. The lowest BCUT2D eigenvalue weighted by Gasteiger charge is -2.14. The molecule has 1 aliphatic carbocycles. The van der Waals surface area contributed by atoms with E-state index in [9.17, 15) is 13.2 Å². The van der Waals surface area contributed by atoms with Crippen molar-refractivity contribution in [3.63, 3.8) is 0 Å². The van der Waals surface area contributed by atoms with E-state index in [1.54, 1.807) is 0 Å². The molecule has 5 heteroatoms. The molecule has 1 rings (SSSR count). The number of carbonyl (C=O) groups excluding carboxylic acids is 1. The molecule has 1 aliphatic rings. The van der Waals surface area contributed by atoms with Gasteiger partial charge in [-0.2, -0.15) is 0 Å². The van der Waals surface area contributed by atoms with Gasteiger partial charge in [0.25, 0.3) is 0 Å². The second-order valence-electron chi connectivity index (χ2n) is 4.91. The number of carbonyl (C=O) groups is 1. The van der Waals surface area contributed by atoms with E-state index in [-0.39, 0.29) is 5.78 Å². The Morgan fingerprint density at radius 1 is 0.882 bits per heavy atom. The van der Waals surface area contributed by atoms with Gasteiger partial charge in [0.05, 0.1) is 0 Å². The first-order chi connectivity index (χ1) is 8.02. The molecule has 1 atom stereocenters. The van der Waals surface area contributed by atoms with Crippen LogP contribution in [-0.4, -0.2) is 19.5 Å². The highest BCUT2D eigenvalue weighted by atomic mass is 32.2. The molecule has 100 valence electrons. The van der Waals surface area contributed by atoms with Crippen LogP contribution in [0.5, 0.6) is 0 Å². The van der Waals surface area contributed by atoms with Gasteiger partial charge < -0.3 is 0 Å². The van der Waals surface area contributed by atoms with Gasteiger partial charge in [-0.15, -0.1) is 0 Å². The van der Waals surface area contributed by atoms with Crippen LogP contribution in [0.3, 0.4) is 0 Å². The fourth-order valence-corrected chi connectivity index (χ4v) is 3.34. The first-order valence-corrected chi connectivity index (χ1v) is 8.17. The maximum Gasteiger partial charge on any atom is 0.219 e. The fourth-order valence-electron chi connectivity index (χ4n) is 2.36. The van der Waals surface area contributed by atoms with Crippen LogP contribution in [0.1, 0.15) is 64.2 Å². The van der Waals surface area contributed by atoms with Crippen molar-refractivity contribution < 1.29 is 13.2 Å². The van der Waals surface area contributed by atoms with Gasteiger partial charge in [-0.05, 0) is 12.8 Å². The molecular weight excluding hydrogens is 238 g/mol. The highest BCUT2D eigenvalue weighted by Gasteiger charge is 2.28. The van der Waals surface area contributed by atoms with Crippen LogP contribution < -0.4 is 5.14 Å². The summed E-state index contributed by atoms with van der Waals surface area (Å²) in [4.78, 5) is 11.8. The van der Waals surface area contributed by atoms with Gasteiger partial charge >= 0.3 is 0 Å². The summed E-state index contributed by atoms with van der Waals surface area (Å²) in [5, 5.41) is 4.18. The average molecular weight is 261 g/mol. The number of rotatable bonds is 1. The van der Waals surface area contributed by atoms with E-state index >= 15 is 0 Å². The molecule has 0 saturated heterocycles. The summed E-state index contributed by atoms with van der Waals surface area (Å²) in [5.41, 5.74) is 0. The van der Waals surface area contributed by atoms with Gasteiger partial charge in [-0.3, -0.25) is 4.79 Å². The number of ketones is 1. The monoisotopic (exact) mass is 261 g/mol. The van der Waals surface area contributed by atoms with Crippen LogP contribution >= 0.6 is 0 Å². The summed E-state index contributed by atoms with van der Waals surface area (Å²) in [5.74, 6) is -0.187. The van der Waals surface area contributed by atoms with E-state index in [0.29, 0.717) is 12.8 Å². The predicted molar refractivity (Wildman–Crippen MR) is 68.1 cm³/mol. The van der Waals surface area contributed by atoms with E-state index in [2.05, 4.69) is 0 Å². The third-order valence-corrected chi connectivity index (χ3v) is 4.69. The Hall–Kier alpha value is -0.420. The van der Waals surface area contributed by atoms with Gasteiger partial charge in [0.15, 0.2) is 5.78 Å². The molecule has 2 N–H and O–H groups in total. The van der Waals surface area contributed by atoms with Crippen LogP contribution in [0.15, 0.2) is 0 Å². The van der Waals surface area contributed by atoms with E-state index in [4.69, 9.17) is 5.14 Å².